The molecule has 1 atom stereocenters. The van der Waals surface area contributed by atoms with Crippen molar-refractivity contribution in [3.8, 4) is 0 Å². The summed E-state index contributed by atoms with van der Waals surface area (Å²) in [4.78, 5) is 21.8. The lowest BCUT2D eigenvalue weighted by Crippen LogP contribution is -2.43. The van der Waals surface area contributed by atoms with Crippen molar-refractivity contribution in [1.29, 1.82) is 0 Å². The molecule has 3 rings (SSSR count). The second-order valence-electron chi connectivity index (χ2n) is 5.32. The molecule has 0 unspecified atom stereocenters. The number of nitrogens with one attached hydrogen (secondary N) is 1. The van der Waals surface area contributed by atoms with E-state index in [0.717, 1.165) is 17.1 Å². The van der Waals surface area contributed by atoms with Gasteiger partial charge in [0.05, 0.1) is 13.2 Å². The molecule has 1 aromatic carbocycles. The Labute approximate surface area is 129 Å². The van der Waals surface area contributed by atoms with E-state index in [4.69, 9.17) is 4.74 Å². The average molecular weight is 297 g/mol. The van der Waals surface area contributed by atoms with Crippen molar-refractivity contribution in [3.05, 3.63) is 59.7 Å². The summed E-state index contributed by atoms with van der Waals surface area (Å²) in [5.74, 6) is 0.755. The molecule has 1 N–H and O–H groups in total. The van der Waals surface area contributed by atoms with Crippen LogP contribution < -0.4 is 0 Å². The molecule has 2 aromatic rings. The van der Waals surface area contributed by atoms with Gasteiger partial charge in [0, 0.05) is 24.5 Å². The largest absolute Gasteiger partial charge is 0.377 e. The van der Waals surface area contributed by atoms with Crippen LogP contribution in [0.2, 0.25) is 0 Å². The van der Waals surface area contributed by atoms with Gasteiger partial charge in [-0.05, 0) is 18.6 Å². The summed E-state index contributed by atoms with van der Waals surface area (Å²) in [7, 11) is 0. The predicted molar refractivity (Wildman–Crippen MR) is 84.1 cm³/mol. The number of rotatable bonds is 3. The minimum absolute atomic E-state index is 0.0220. The fourth-order valence-corrected chi connectivity index (χ4v) is 2.52. The first kappa shape index (κ1) is 14.5. The van der Waals surface area contributed by atoms with Crippen molar-refractivity contribution in [2.45, 2.75) is 13.0 Å². The highest BCUT2D eigenvalue weighted by Gasteiger charge is 2.29. The zero-order chi connectivity index (χ0) is 15.4. The highest BCUT2D eigenvalue weighted by molar-refractivity contribution is 5.92. The minimum atomic E-state index is -0.157. The van der Waals surface area contributed by atoms with Crippen LogP contribution in [0.25, 0.3) is 6.08 Å². The smallest absolute Gasteiger partial charge is 0.247 e. The van der Waals surface area contributed by atoms with E-state index >= 15 is 0 Å². The number of hydrogen-bond acceptors (Lipinski definition) is 3. The molecule has 0 bridgehead atoms. The quantitative estimate of drug-likeness (QED) is 0.885. The lowest BCUT2D eigenvalue weighted by Gasteiger charge is -2.33. The van der Waals surface area contributed by atoms with Gasteiger partial charge >= 0.3 is 0 Å². The molecule has 2 heterocycles. The molecule has 1 fully saturated rings. The number of carbonyl (C=O) groups excluding carboxylic acids is 1. The first-order valence-electron chi connectivity index (χ1n) is 7.37. The number of benzene rings is 1. The Bertz CT molecular complexity index is 664. The second kappa shape index (κ2) is 6.58. The predicted octanol–water partition coefficient (Wildman–Crippen LogP) is 2.33. The highest BCUT2D eigenvalue weighted by Crippen LogP contribution is 2.22. The van der Waals surface area contributed by atoms with Crippen LogP contribution in [0.3, 0.4) is 0 Å². The Morgan fingerprint density at radius 3 is 2.95 bits per heavy atom. The summed E-state index contributed by atoms with van der Waals surface area (Å²) in [5, 5.41) is 0. The van der Waals surface area contributed by atoms with Crippen LogP contribution in [-0.2, 0) is 9.53 Å². The summed E-state index contributed by atoms with van der Waals surface area (Å²) in [5.41, 5.74) is 1.99. The second-order valence-corrected chi connectivity index (χ2v) is 5.32. The molecule has 0 aliphatic carbocycles. The number of H-pyrrole nitrogens is 1. The number of amides is 1. The fraction of sp³-hybridized carbons (Fsp3) is 0.294. The molecule has 114 valence electrons. The van der Waals surface area contributed by atoms with Crippen LogP contribution in [0.15, 0.2) is 42.6 Å². The first-order valence-corrected chi connectivity index (χ1v) is 7.37. The normalized spacial score (nSPS) is 18.8. The molecule has 1 saturated heterocycles. The van der Waals surface area contributed by atoms with Gasteiger partial charge in [0.1, 0.15) is 11.9 Å². The van der Waals surface area contributed by atoms with E-state index < -0.39 is 0 Å². The molecule has 0 radical (unpaired) electrons. The van der Waals surface area contributed by atoms with E-state index in [1.807, 2.05) is 43.3 Å². The Morgan fingerprint density at radius 2 is 2.23 bits per heavy atom. The fourth-order valence-electron chi connectivity index (χ4n) is 2.52. The minimum Gasteiger partial charge on any atom is -0.377 e. The van der Waals surface area contributed by atoms with Gasteiger partial charge in [-0.1, -0.05) is 30.3 Å². The molecule has 1 aliphatic rings. The van der Waals surface area contributed by atoms with Crippen LogP contribution >= 0.6 is 0 Å². The zero-order valence-electron chi connectivity index (χ0n) is 12.5. The lowest BCUT2D eigenvalue weighted by atomic mass is 10.2. The van der Waals surface area contributed by atoms with Crippen molar-refractivity contribution < 1.29 is 9.53 Å². The number of aromatic amines is 1. The number of nitrogens with zero attached hydrogens (tertiary/aromatic N) is 2. The Hall–Kier alpha value is -2.40. The number of imidazole rings is 1. The summed E-state index contributed by atoms with van der Waals surface area (Å²) in [6.07, 6.45) is 5.22. The molecule has 1 aromatic heterocycles. The number of aromatic nitrogens is 2. The third kappa shape index (κ3) is 3.26. The van der Waals surface area contributed by atoms with E-state index in [0.29, 0.717) is 19.8 Å². The monoisotopic (exact) mass is 297 g/mol. The summed E-state index contributed by atoms with van der Waals surface area (Å²) >= 11 is 0. The average Bonchev–Trinajstić information content (AvgIpc) is 3.00. The van der Waals surface area contributed by atoms with Gasteiger partial charge in [0.2, 0.25) is 5.91 Å². The lowest BCUT2D eigenvalue weighted by molar-refractivity contribution is -0.135. The van der Waals surface area contributed by atoms with Gasteiger partial charge in [-0.25, -0.2) is 4.98 Å². The standard InChI is InChI=1S/C17H19N3O2/c1-13-11-18-17(19-13)15-12-22-10-9-20(15)16(21)8-7-14-5-3-2-4-6-14/h2-8,11,15H,9-10,12H2,1H3,(H,18,19)/b8-7+/t15-/m0/s1. The Morgan fingerprint density at radius 1 is 1.41 bits per heavy atom. The van der Waals surface area contributed by atoms with Gasteiger partial charge in [-0.2, -0.15) is 0 Å². The van der Waals surface area contributed by atoms with E-state index in [1.165, 1.54) is 0 Å². The number of hydrogen-bond donors (Lipinski definition) is 1. The Balaban J connectivity index is 1.75. The van der Waals surface area contributed by atoms with E-state index in [2.05, 4.69) is 9.97 Å². The van der Waals surface area contributed by atoms with Gasteiger partial charge in [0.15, 0.2) is 0 Å². The Kier molecular flexibility index (Phi) is 4.34. The summed E-state index contributed by atoms with van der Waals surface area (Å²) < 4.78 is 5.51. The van der Waals surface area contributed by atoms with Crippen molar-refractivity contribution in [1.82, 2.24) is 14.9 Å². The van der Waals surface area contributed by atoms with Crippen LogP contribution in [0.1, 0.15) is 23.1 Å². The van der Waals surface area contributed by atoms with Crippen LogP contribution in [0.5, 0.6) is 0 Å². The molecule has 22 heavy (non-hydrogen) atoms. The molecule has 5 nitrogen and oxygen atoms in total. The van der Waals surface area contributed by atoms with Gasteiger partial charge in [-0.3, -0.25) is 4.79 Å². The molecule has 0 saturated carbocycles. The topological polar surface area (TPSA) is 58.2 Å². The third-order valence-corrected chi connectivity index (χ3v) is 3.67. The molecular weight excluding hydrogens is 278 g/mol. The summed E-state index contributed by atoms with van der Waals surface area (Å²) in [6, 6.07) is 9.64. The molecule has 1 aliphatic heterocycles. The number of carbonyl (C=O) groups is 1. The maximum atomic E-state index is 12.5. The van der Waals surface area contributed by atoms with Crippen molar-refractivity contribution in [2.75, 3.05) is 19.8 Å². The van der Waals surface area contributed by atoms with E-state index in [-0.39, 0.29) is 11.9 Å². The number of morpholine rings is 1. The SMILES string of the molecule is Cc1cnc([C@@H]2COCCN2C(=O)/C=C/c2ccccc2)[nH]1. The van der Waals surface area contributed by atoms with Crippen molar-refractivity contribution in [2.24, 2.45) is 0 Å². The first-order chi connectivity index (χ1) is 10.7. The van der Waals surface area contributed by atoms with Gasteiger partial charge in [-0.15, -0.1) is 0 Å². The van der Waals surface area contributed by atoms with Crippen LogP contribution in [-0.4, -0.2) is 40.5 Å². The third-order valence-electron chi connectivity index (χ3n) is 3.67. The highest BCUT2D eigenvalue weighted by atomic mass is 16.5. The number of aryl methyl sites for hydroxylation is 1. The van der Waals surface area contributed by atoms with Crippen molar-refractivity contribution in [3.63, 3.8) is 0 Å². The van der Waals surface area contributed by atoms with Gasteiger partial charge < -0.3 is 14.6 Å². The molecular formula is C17H19N3O2. The molecule has 0 spiro atoms. The van der Waals surface area contributed by atoms with E-state index in [1.54, 1.807) is 17.2 Å². The maximum Gasteiger partial charge on any atom is 0.247 e. The van der Waals surface area contributed by atoms with Crippen molar-refractivity contribution >= 4 is 12.0 Å². The van der Waals surface area contributed by atoms with E-state index in [9.17, 15) is 4.79 Å². The number of ether oxygens (including phenoxy) is 1. The van der Waals surface area contributed by atoms with Crippen LogP contribution in [0.4, 0.5) is 0 Å². The maximum absolute atomic E-state index is 12.5. The molecule has 5 heteroatoms. The van der Waals surface area contributed by atoms with Crippen LogP contribution in [0, 0.1) is 6.92 Å². The van der Waals surface area contributed by atoms with Gasteiger partial charge in [0.25, 0.3) is 0 Å². The molecule has 1 amide bonds. The zero-order valence-corrected chi connectivity index (χ0v) is 12.5. The summed E-state index contributed by atoms with van der Waals surface area (Å²) in [6.45, 7) is 3.54.